The van der Waals surface area contributed by atoms with Crippen molar-refractivity contribution in [2.75, 3.05) is 12.3 Å². The Balaban J connectivity index is 2.80. The number of carboxylic acid groups (broad SMARTS) is 2. The minimum Gasteiger partial charge on any atom is -0.493 e. The smallest absolute Gasteiger partial charge is 0.342 e. The number of nitrogen functional groups attached to an aromatic ring is 1. The fourth-order valence-corrected chi connectivity index (χ4v) is 2.69. The minimum absolute atomic E-state index is 0.200. The van der Waals surface area contributed by atoms with Crippen LogP contribution in [0.2, 0.25) is 0 Å². The summed E-state index contributed by atoms with van der Waals surface area (Å²) in [6.07, 6.45) is 0.752. The van der Waals surface area contributed by atoms with Gasteiger partial charge in [-0.05, 0) is 31.4 Å². The van der Waals surface area contributed by atoms with Crippen molar-refractivity contribution in [2.24, 2.45) is 5.92 Å². The van der Waals surface area contributed by atoms with Gasteiger partial charge in [0.05, 0.1) is 6.61 Å². The Morgan fingerprint density at radius 3 is 2.37 bits per heavy atom. The maximum atomic E-state index is 12.2. The lowest BCUT2D eigenvalue weighted by Crippen LogP contribution is -2.24. The van der Waals surface area contributed by atoms with Crippen LogP contribution in [-0.2, 0) is 0 Å². The molecule has 0 bridgehead atoms. The molecule has 0 saturated heterocycles. The van der Waals surface area contributed by atoms with Gasteiger partial charge in [-0.2, -0.15) is 0 Å². The van der Waals surface area contributed by atoms with Crippen LogP contribution in [-0.4, -0.2) is 33.7 Å². The lowest BCUT2D eigenvalue weighted by atomic mass is 9.93. The predicted molar refractivity (Wildman–Crippen MR) is 101 cm³/mol. The van der Waals surface area contributed by atoms with Gasteiger partial charge in [0.2, 0.25) is 0 Å². The molecule has 0 saturated carbocycles. The van der Waals surface area contributed by atoms with E-state index in [1.165, 1.54) is 0 Å². The van der Waals surface area contributed by atoms with Crippen molar-refractivity contribution >= 4 is 17.8 Å². The number of pyridine rings is 1. The summed E-state index contributed by atoms with van der Waals surface area (Å²) >= 11 is 0. The van der Waals surface area contributed by atoms with E-state index in [1.54, 1.807) is 25.1 Å². The van der Waals surface area contributed by atoms with Crippen LogP contribution < -0.4 is 16.0 Å². The number of aromatic carboxylic acids is 2. The van der Waals surface area contributed by atoms with Gasteiger partial charge < -0.3 is 25.7 Å². The van der Waals surface area contributed by atoms with Crippen molar-refractivity contribution in [3.63, 3.8) is 0 Å². The number of benzene rings is 1. The summed E-state index contributed by atoms with van der Waals surface area (Å²) in [4.78, 5) is 37.8. The number of nitrogens with two attached hydrogens (primary N) is 1. The number of carboxylic acids is 2. The Hall–Kier alpha value is -3.29. The molecule has 8 heteroatoms. The molecule has 144 valence electrons. The molecule has 8 nitrogen and oxygen atoms in total. The first-order valence-electron chi connectivity index (χ1n) is 8.39. The van der Waals surface area contributed by atoms with Gasteiger partial charge in [0.15, 0.2) is 0 Å². The summed E-state index contributed by atoms with van der Waals surface area (Å²) in [7, 11) is 0. The first-order chi connectivity index (χ1) is 12.6. The zero-order chi connectivity index (χ0) is 20.3. The van der Waals surface area contributed by atoms with E-state index in [1.807, 2.05) is 13.8 Å². The maximum absolute atomic E-state index is 12.2. The van der Waals surface area contributed by atoms with E-state index < -0.39 is 34.4 Å². The fourth-order valence-electron chi connectivity index (χ4n) is 2.69. The molecule has 5 N–H and O–H groups in total. The molecule has 0 amide bonds. The van der Waals surface area contributed by atoms with Crippen molar-refractivity contribution in [1.29, 1.82) is 0 Å². The number of aromatic nitrogens is 1. The van der Waals surface area contributed by atoms with Crippen LogP contribution in [0.4, 0.5) is 5.82 Å². The molecule has 0 aliphatic carbocycles. The highest BCUT2D eigenvalue weighted by Crippen LogP contribution is 2.36. The number of H-pyrrole nitrogens is 1. The summed E-state index contributed by atoms with van der Waals surface area (Å²) in [6.45, 7) is 6.18. The number of nitrogens with one attached hydrogen (secondary N) is 1. The SMILES string of the molecule is Cc1ccc(OCCC(C)C)c(-c2c(C(=O)O)c(N)[nH]c(=O)c2C(=O)O)c1. The van der Waals surface area contributed by atoms with Crippen LogP contribution >= 0.6 is 0 Å². The third-order valence-corrected chi connectivity index (χ3v) is 4.03. The Morgan fingerprint density at radius 1 is 1.19 bits per heavy atom. The van der Waals surface area contributed by atoms with E-state index in [-0.39, 0.29) is 16.9 Å². The first-order valence-corrected chi connectivity index (χ1v) is 8.39. The fraction of sp³-hybridized carbons (Fsp3) is 0.316. The van der Waals surface area contributed by atoms with Crippen LogP contribution in [0.3, 0.4) is 0 Å². The Morgan fingerprint density at radius 2 is 1.81 bits per heavy atom. The van der Waals surface area contributed by atoms with Gasteiger partial charge in [-0.25, -0.2) is 9.59 Å². The van der Waals surface area contributed by atoms with Crippen LogP contribution in [0.25, 0.3) is 11.1 Å². The molecular formula is C19H22N2O6. The van der Waals surface area contributed by atoms with Gasteiger partial charge in [-0.15, -0.1) is 0 Å². The van der Waals surface area contributed by atoms with Gasteiger partial charge in [0.25, 0.3) is 5.56 Å². The Bertz CT molecular complexity index is 946. The van der Waals surface area contributed by atoms with Gasteiger partial charge in [0.1, 0.15) is 22.7 Å². The standard InChI is InChI=1S/C19H22N2O6/c1-9(2)6-7-27-12-5-4-10(3)8-11(12)13-14(18(23)24)16(20)21-17(22)15(13)19(25)26/h4-5,8-9H,6-7H2,1-3H3,(H,23,24)(H,25,26)(H3,20,21,22). The molecule has 1 aromatic heterocycles. The molecule has 0 fully saturated rings. The van der Waals surface area contributed by atoms with Crippen LogP contribution in [0, 0.1) is 12.8 Å². The van der Waals surface area contributed by atoms with Crippen molar-refractivity contribution in [3.8, 4) is 16.9 Å². The average Bonchev–Trinajstić information content (AvgIpc) is 2.54. The molecule has 0 aliphatic rings. The highest BCUT2D eigenvalue weighted by molar-refractivity contribution is 6.08. The predicted octanol–water partition coefficient (Wildman–Crippen LogP) is 2.75. The molecule has 2 aromatic rings. The number of aromatic amines is 1. The maximum Gasteiger partial charge on any atom is 0.342 e. The number of hydrogen-bond acceptors (Lipinski definition) is 5. The summed E-state index contributed by atoms with van der Waals surface area (Å²) in [5, 5.41) is 19.1. The van der Waals surface area contributed by atoms with E-state index in [0.29, 0.717) is 12.5 Å². The number of ether oxygens (including phenoxy) is 1. The third kappa shape index (κ3) is 4.28. The third-order valence-electron chi connectivity index (χ3n) is 4.03. The van der Waals surface area contributed by atoms with Gasteiger partial charge in [-0.1, -0.05) is 25.5 Å². The molecule has 0 spiro atoms. The quantitative estimate of drug-likeness (QED) is 0.583. The van der Waals surface area contributed by atoms with Crippen molar-refractivity contribution in [1.82, 2.24) is 4.98 Å². The number of aryl methyl sites for hydroxylation is 1. The number of rotatable bonds is 7. The molecule has 1 heterocycles. The van der Waals surface area contributed by atoms with Crippen LogP contribution in [0.15, 0.2) is 23.0 Å². The second kappa shape index (κ2) is 7.94. The number of anilines is 1. The lowest BCUT2D eigenvalue weighted by molar-refractivity contribution is 0.0695. The number of carbonyl (C=O) groups is 2. The summed E-state index contributed by atoms with van der Waals surface area (Å²) in [5.41, 5.74) is 4.22. The second-order valence-corrected chi connectivity index (χ2v) is 6.63. The summed E-state index contributed by atoms with van der Waals surface area (Å²) in [6, 6.07) is 4.96. The van der Waals surface area contributed by atoms with E-state index in [4.69, 9.17) is 10.5 Å². The van der Waals surface area contributed by atoms with E-state index in [9.17, 15) is 24.6 Å². The lowest BCUT2D eigenvalue weighted by Gasteiger charge is -2.17. The summed E-state index contributed by atoms with van der Waals surface area (Å²) in [5.74, 6) is -2.74. The normalized spacial score (nSPS) is 10.8. The van der Waals surface area contributed by atoms with Crippen molar-refractivity contribution in [3.05, 3.63) is 45.2 Å². The topological polar surface area (TPSA) is 143 Å². The second-order valence-electron chi connectivity index (χ2n) is 6.63. The van der Waals surface area contributed by atoms with Crippen molar-refractivity contribution < 1.29 is 24.5 Å². The first kappa shape index (κ1) is 20.0. The van der Waals surface area contributed by atoms with Crippen LogP contribution in [0.1, 0.15) is 46.5 Å². The zero-order valence-electron chi connectivity index (χ0n) is 15.3. The molecule has 0 unspecified atom stereocenters. The number of hydrogen-bond donors (Lipinski definition) is 4. The highest BCUT2D eigenvalue weighted by Gasteiger charge is 2.28. The minimum atomic E-state index is -1.55. The molecule has 0 aliphatic heterocycles. The Labute approximate surface area is 155 Å². The molecule has 1 aromatic carbocycles. The molecule has 27 heavy (non-hydrogen) atoms. The molecule has 2 rings (SSSR count). The largest absolute Gasteiger partial charge is 0.493 e. The summed E-state index contributed by atoms with van der Waals surface area (Å²) < 4.78 is 5.77. The van der Waals surface area contributed by atoms with Gasteiger partial charge in [0, 0.05) is 11.1 Å². The Kier molecular flexibility index (Phi) is 5.89. The van der Waals surface area contributed by atoms with E-state index >= 15 is 0 Å². The van der Waals surface area contributed by atoms with Crippen molar-refractivity contribution in [2.45, 2.75) is 27.2 Å². The average molecular weight is 374 g/mol. The van der Waals surface area contributed by atoms with Gasteiger partial charge >= 0.3 is 11.9 Å². The van der Waals surface area contributed by atoms with E-state index in [0.717, 1.165) is 12.0 Å². The molecule has 0 radical (unpaired) electrons. The monoisotopic (exact) mass is 374 g/mol. The van der Waals surface area contributed by atoms with E-state index in [2.05, 4.69) is 4.98 Å². The van der Waals surface area contributed by atoms with Gasteiger partial charge in [-0.3, -0.25) is 4.79 Å². The highest BCUT2D eigenvalue weighted by atomic mass is 16.5. The van der Waals surface area contributed by atoms with Crippen LogP contribution in [0.5, 0.6) is 5.75 Å². The zero-order valence-corrected chi connectivity index (χ0v) is 15.3. The molecule has 0 atom stereocenters. The molecular weight excluding hydrogens is 352 g/mol.